The Kier molecular flexibility index (Phi) is 4.40. The van der Waals surface area contributed by atoms with Gasteiger partial charge in [-0.15, -0.1) is 11.3 Å². The third kappa shape index (κ3) is 3.06. The van der Waals surface area contributed by atoms with Crippen molar-refractivity contribution in [3.63, 3.8) is 0 Å². The lowest BCUT2D eigenvalue weighted by Crippen LogP contribution is -2.41. The van der Waals surface area contributed by atoms with Gasteiger partial charge in [0.2, 0.25) is 0 Å². The van der Waals surface area contributed by atoms with E-state index in [2.05, 4.69) is 4.98 Å². The first kappa shape index (κ1) is 17.3. The van der Waals surface area contributed by atoms with E-state index in [-0.39, 0.29) is 5.73 Å². The van der Waals surface area contributed by atoms with Crippen molar-refractivity contribution in [2.45, 2.75) is 45.8 Å². The largest absolute Gasteiger partial charge is 0.525 e. The molecule has 0 aliphatic carbocycles. The second-order valence-corrected chi connectivity index (χ2v) is 8.04. The highest BCUT2D eigenvalue weighted by Crippen LogP contribution is 2.41. The highest BCUT2D eigenvalue weighted by Gasteiger charge is 2.53. The SMILES string of the molecule is CC(=C(F)B1OC(C)(C)C(C)(C)O1)c1ccc(-c2ccncc2)s1. The first-order valence-electron chi connectivity index (χ1n) is 7.94. The first-order valence-corrected chi connectivity index (χ1v) is 8.75. The lowest BCUT2D eigenvalue weighted by molar-refractivity contribution is 0.00578. The van der Waals surface area contributed by atoms with E-state index in [9.17, 15) is 4.39 Å². The molecule has 1 saturated heterocycles. The van der Waals surface area contributed by atoms with Crippen molar-refractivity contribution in [2.24, 2.45) is 0 Å². The summed E-state index contributed by atoms with van der Waals surface area (Å²) in [6, 6.07) is 7.81. The maximum atomic E-state index is 14.9. The lowest BCUT2D eigenvalue weighted by atomic mass is 9.84. The number of allylic oxidation sites excluding steroid dienone is 1. The lowest BCUT2D eigenvalue weighted by Gasteiger charge is -2.32. The number of aromatic nitrogens is 1. The fourth-order valence-corrected chi connectivity index (χ4v) is 3.47. The van der Waals surface area contributed by atoms with Crippen LogP contribution in [0.15, 0.2) is 42.4 Å². The highest BCUT2D eigenvalue weighted by molar-refractivity contribution is 7.16. The molecule has 2 aromatic heterocycles. The average molecular weight is 345 g/mol. The Hall–Kier alpha value is -1.50. The second kappa shape index (κ2) is 6.10. The molecule has 126 valence electrons. The summed E-state index contributed by atoms with van der Waals surface area (Å²) in [6.45, 7) is 9.44. The summed E-state index contributed by atoms with van der Waals surface area (Å²) in [7, 11) is -0.957. The quantitative estimate of drug-likeness (QED) is 0.722. The average Bonchev–Trinajstić information content (AvgIpc) is 3.10. The molecule has 6 heteroatoms. The summed E-state index contributed by atoms with van der Waals surface area (Å²) >= 11 is 1.54. The van der Waals surface area contributed by atoms with Gasteiger partial charge >= 0.3 is 7.12 Å². The summed E-state index contributed by atoms with van der Waals surface area (Å²) in [5.41, 5.74) is 0.167. The monoisotopic (exact) mass is 345 g/mol. The molecule has 0 radical (unpaired) electrons. The number of halogens is 1. The zero-order valence-corrected chi connectivity index (χ0v) is 15.4. The van der Waals surface area contributed by atoms with Crippen LogP contribution in [-0.2, 0) is 9.31 Å². The Bertz CT molecular complexity index is 754. The molecule has 0 N–H and O–H groups in total. The molecule has 1 aliphatic heterocycles. The molecule has 0 bridgehead atoms. The van der Waals surface area contributed by atoms with Crippen LogP contribution >= 0.6 is 11.3 Å². The molecular weight excluding hydrogens is 324 g/mol. The molecule has 3 nitrogen and oxygen atoms in total. The normalized spacial score (nSPS) is 20.2. The zero-order chi connectivity index (χ0) is 17.5. The predicted molar refractivity (Wildman–Crippen MR) is 97.3 cm³/mol. The Morgan fingerprint density at radius 3 is 2.21 bits per heavy atom. The van der Waals surface area contributed by atoms with Gasteiger partial charge in [-0.1, -0.05) is 0 Å². The van der Waals surface area contributed by atoms with Crippen LogP contribution in [0, 0.1) is 0 Å². The Morgan fingerprint density at radius 1 is 1.04 bits per heavy atom. The molecular formula is C18H21BFNO2S. The third-order valence-electron chi connectivity index (χ3n) is 4.76. The van der Waals surface area contributed by atoms with Gasteiger partial charge in [0.1, 0.15) is 5.73 Å². The van der Waals surface area contributed by atoms with Crippen LogP contribution in [0.1, 0.15) is 39.5 Å². The minimum Gasteiger partial charge on any atom is -0.398 e. The molecule has 0 atom stereocenters. The predicted octanol–water partition coefficient (Wildman–Crippen LogP) is 5.14. The fourth-order valence-electron chi connectivity index (χ4n) is 2.45. The van der Waals surface area contributed by atoms with Gasteiger partial charge < -0.3 is 9.31 Å². The van der Waals surface area contributed by atoms with E-state index in [4.69, 9.17) is 9.31 Å². The molecule has 0 spiro atoms. The van der Waals surface area contributed by atoms with Gasteiger partial charge in [-0.25, -0.2) is 4.39 Å². The Labute approximate surface area is 146 Å². The van der Waals surface area contributed by atoms with Crippen molar-refractivity contribution in [2.75, 3.05) is 0 Å². The first-order chi connectivity index (χ1) is 11.2. The number of pyridine rings is 1. The van der Waals surface area contributed by atoms with Gasteiger partial charge in [-0.2, -0.15) is 0 Å². The smallest absolute Gasteiger partial charge is 0.398 e. The zero-order valence-electron chi connectivity index (χ0n) is 14.6. The Morgan fingerprint density at radius 2 is 1.62 bits per heavy atom. The van der Waals surface area contributed by atoms with Gasteiger partial charge in [-0.05, 0) is 70.0 Å². The van der Waals surface area contributed by atoms with Crippen LogP contribution < -0.4 is 0 Å². The van der Waals surface area contributed by atoms with Crippen LogP contribution in [0.2, 0.25) is 0 Å². The van der Waals surface area contributed by atoms with E-state index < -0.39 is 18.3 Å². The number of thiophene rings is 1. The molecule has 3 rings (SSSR count). The van der Waals surface area contributed by atoms with E-state index >= 15 is 0 Å². The number of hydrogen-bond donors (Lipinski definition) is 0. The van der Waals surface area contributed by atoms with Crippen molar-refractivity contribution in [3.8, 4) is 10.4 Å². The third-order valence-corrected chi connectivity index (χ3v) is 6.01. The summed E-state index contributed by atoms with van der Waals surface area (Å²) in [5.74, 6) is 0. The molecule has 0 aromatic carbocycles. The second-order valence-electron chi connectivity index (χ2n) is 6.96. The van der Waals surface area contributed by atoms with Crippen molar-refractivity contribution in [3.05, 3.63) is 47.3 Å². The van der Waals surface area contributed by atoms with E-state index in [1.807, 2.05) is 52.0 Å². The molecule has 3 heterocycles. The van der Waals surface area contributed by atoms with E-state index in [1.165, 1.54) is 0 Å². The van der Waals surface area contributed by atoms with Gasteiger partial charge in [0, 0.05) is 22.1 Å². The number of rotatable bonds is 3. The van der Waals surface area contributed by atoms with Crippen LogP contribution in [-0.4, -0.2) is 23.3 Å². The van der Waals surface area contributed by atoms with E-state index in [0.29, 0.717) is 5.57 Å². The van der Waals surface area contributed by atoms with Crippen LogP contribution in [0.5, 0.6) is 0 Å². The molecule has 2 aromatic rings. The van der Waals surface area contributed by atoms with Gasteiger partial charge in [0.15, 0.2) is 0 Å². The standard InChI is InChI=1S/C18H21BFNO2S/c1-12(16(20)19-22-17(2,3)18(4,5)23-19)14-6-7-15(24-14)13-8-10-21-11-9-13/h6-11H,1-5H3. The minimum absolute atomic E-state index is 0.364. The molecule has 1 aliphatic rings. The topological polar surface area (TPSA) is 31.4 Å². The van der Waals surface area contributed by atoms with Gasteiger partial charge in [0.25, 0.3) is 0 Å². The number of hydrogen-bond acceptors (Lipinski definition) is 4. The molecule has 24 heavy (non-hydrogen) atoms. The van der Waals surface area contributed by atoms with Crippen LogP contribution in [0.25, 0.3) is 16.0 Å². The summed E-state index contributed by atoms with van der Waals surface area (Å²) in [5, 5.41) is 0. The maximum Gasteiger partial charge on any atom is 0.525 e. The molecule has 0 saturated carbocycles. The van der Waals surface area contributed by atoms with Crippen molar-refractivity contribution < 1.29 is 13.7 Å². The summed E-state index contributed by atoms with van der Waals surface area (Å²) in [6.07, 6.45) is 3.50. The van der Waals surface area contributed by atoms with E-state index in [1.54, 1.807) is 30.7 Å². The highest BCUT2D eigenvalue weighted by atomic mass is 32.1. The molecule has 0 unspecified atom stereocenters. The summed E-state index contributed by atoms with van der Waals surface area (Å²) in [4.78, 5) is 5.97. The van der Waals surface area contributed by atoms with Crippen LogP contribution in [0.4, 0.5) is 4.39 Å². The summed E-state index contributed by atoms with van der Waals surface area (Å²) < 4.78 is 26.5. The van der Waals surface area contributed by atoms with Crippen molar-refractivity contribution in [1.82, 2.24) is 4.98 Å². The minimum atomic E-state index is -0.957. The van der Waals surface area contributed by atoms with Crippen LogP contribution in [0.3, 0.4) is 0 Å². The van der Waals surface area contributed by atoms with Crippen molar-refractivity contribution >= 4 is 24.0 Å². The van der Waals surface area contributed by atoms with E-state index in [0.717, 1.165) is 15.3 Å². The van der Waals surface area contributed by atoms with Crippen molar-refractivity contribution in [1.29, 1.82) is 0 Å². The number of nitrogens with zero attached hydrogens (tertiary/aromatic N) is 1. The van der Waals surface area contributed by atoms with Gasteiger partial charge in [0.05, 0.1) is 11.2 Å². The molecule has 0 amide bonds. The maximum absolute atomic E-state index is 14.9. The molecule has 1 fully saturated rings. The fraction of sp³-hybridized carbons (Fsp3) is 0.389. The Balaban J connectivity index is 1.87. The van der Waals surface area contributed by atoms with Gasteiger partial charge in [-0.3, -0.25) is 4.98 Å².